The van der Waals surface area contributed by atoms with Crippen LogP contribution < -0.4 is 16.2 Å². The lowest BCUT2D eigenvalue weighted by atomic mass is 9.85. The van der Waals surface area contributed by atoms with Gasteiger partial charge < -0.3 is 5.32 Å². The topological polar surface area (TPSA) is 90.5 Å². The Labute approximate surface area is 162 Å². The molecule has 2 fully saturated rings. The van der Waals surface area contributed by atoms with Crippen LogP contribution in [-0.4, -0.2) is 34.3 Å². The molecule has 1 saturated carbocycles. The summed E-state index contributed by atoms with van der Waals surface area (Å²) in [4.78, 5) is 38.3. The first-order chi connectivity index (χ1) is 13.0. The van der Waals surface area contributed by atoms with Crippen molar-refractivity contribution in [1.29, 1.82) is 0 Å². The highest BCUT2D eigenvalue weighted by molar-refractivity contribution is 7.80. The van der Waals surface area contributed by atoms with E-state index in [9.17, 15) is 14.4 Å². The molecule has 2 bridgehead atoms. The predicted molar refractivity (Wildman–Crippen MR) is 102 cm³/mol. The second kappa shape index (κ2) is 7.11. The Morgan fingerprint density at radius 1 is 1.04 bits per heavy atom. The Balaban J connectivity index is 1.25. The van der Waals surface area contributed by atoms with E-state index in [1.807, 2.05) is 42.5 Å². The van der Waals surface area contributed by atoms with Crippen LogP contribution in [0.4, 0.5) is 0 Å². The zero-order chi connectivity index (χ0) is 19.0. The number of carbonyl (C=O) groups is 3. The maximum atomic E-state index is 12.6. The molecule has 4 atom stereocenters. The molecular weight excluding hydrogens is 364 g/mol. The van der Waals surface area contributed by atoms with Gasteiger partial charge in [-0.15, -0.1) is 0 Å². The first-order valence-electron chi connectivity index (χ1n) is 8.95. The van der Waals surface area contributed by atoms with E-state index in [0.29, 0.717) is 6.54 Å². The molecule has 0 radical (unpaired) electrons. The number of rotatable bonds is 4. The zero-order valence-electron chi connectivity index (χ0n) is 14.6. The number of nitrogens with zero attached hydrogens (tertiary/aromatic N) is 1. The van der Waals surface area contributed by atoms with Gasteiger partial charge in [0.25, 0.3) is 5.91 Å². The summed E-state index contributed by atoms with van der Waals surface area (Å²) in [6.07, 6.45) is 4.92. The van der Waals surface area contributed by atoms with E-state index >= 15 is 0 Å². The van der Waals surface area contributed by atoms with Gasteiger partial charge in [0.1, 0.15) is 6.54 Å². The minimum Gasteiger partial charge on any atom is -0.357 e. The van der Waals surface area contributed by atoms with Gasteiger partial charge in [-0.05, 0) is 36.0 Å². The summed E-state index contributed by atoms with van der Waals surface area (Å²) in [6.45, 7) is 0.225. The van der Waals surface area contributed by atoms with Crippen LogP contribution in [0.15, 0.2) is 42.5 Å². The standard InChI is InChI=1S/C19H20N4O3S/c24-14(21-22-19(27)20-9-11-4-2-1-3-5-11)10-23-17(25)15-12-6-7-13(8-12)16(15)18(23)26/h1-7,12-13,15-16H,8-10H2,(H,21,24)(H2,20,22,27). The number of hydrogen-bond acceptors (Lipinski definition) is 4. The largest absolute Gasteiger partial charge is 0.357 e. The van der Waals surface area contributed by atoms with E-state index in [0.717, 1.165) is 16.9 Å². The third-order valence-corrected chi connectivity index (χ3v) is 5.72. The number of carbonyl (C=O) groups excluding carboxylic acids is 3. The van der Waals surface area contributed by atoms with Crippen molar-refractivity contribution >= 4 is 35.1 Å². The molecule has 0 spiro atoms. The number of thiocarbonyl (C=S) groups is 1. The van der Waals surface area contributed by atoms with Crippen LogP contribution in [0.1, 0.15) is 12.0 Å². The zero-order valence-corrected chi connectivity index (χ0v) is 15.4. The lowest BCUT2D eigenvalue weighted by molar-refractivity contribution is -0.144. The molecule has 3 aliphatic rings. The number of hydrogen-bond donors (Lipinski definition) is 3. The van der Waals surface area contributed by atoms with Gasteiger partial charge >= 0.3 is 0 Å². The lowest BCUT2D eigenvalue weighted by Gasteiger charge is -2.17. The maximum Gasteiger partial charge on any atom is 0.258 e. The molecule has 140 valence electrons. The highest BCUT2D eigenvalue weighted by Crippen LogP contribution is 2.52. The summed E-state index contributed by atoms with van der Waals surface area (Å²) in [7, 11) is 0. The van der Waals surface area contributed by atoms with Gasteiger partial charge in [0, 0.05) is 6.54 Å². The smallest absolute Gasteiger partial charge is 0.258 e. The van der Waals surface area contributed by atoms with Crippen molar-refractivity contribution in [2.24, 2.45) is 23.7 Å². The van der Waals surface area contributed by atoms with Crippen molar-refractivity contribution in [3.63, 3.8) is 0 Å². The van der Waals surface area contributed by atoms with E-state index < -0.39 is 5.91 Å². The molecule has 1 aliphatic heterocycles. The van der Waals surface area contributed by atoms with Gasteiger partial charge in [0.15, 0.2) is 5.11 Å². The fourth-order valence-electron chi connectivity index (χ4n) is 4.25. The van der Waals surface area contributed by atoms with Crippen LogP contribution in [0.2, 0.25) is 0 Å². The van der Waals surface area contributed by atoms with E-state index in [-0.39, 0.29) is 47.1 Å². The summed E-state index contributed by atoms with van der Waals surface area (Å²) in [5.41, 5.74) is 6.08. The maximum absolute atomic E-state index is 12.6. The molecule has 8 heteroatoms. The predicted octanol–water partition coefficient (Wildman–Crippen LogP) is 0.489. The summed E-state index contributed by atoms with van der Waals surface area (Å²) in [5, 5.41) is 3.22. The summed E-state index contributed by atoms with van der Waals surface area (Å²) in [5.74, 6) is -1.26. The van der Waals surface area contributed by atoms with Crippen molar-refractivity contribution in [3.8, 4) is 0 Å². The minimum absolute atomic E-state index is 0.136. The van der Waals surface area contributed by atoms with Crippen LogP contribution in [0, 0.1) is 23.7 Å². The molecule has 7 nitrogen and oxygen atoms in total. The van der Waals surface area contributed by atoms with Crippen molar-refractivity contribution in [2.45, 2.75) is 13.0 Å². The molecule has 4 rings (SSSR count). The Kier molecular flexibility index (Phi) is 4.65. The Bertz CT molecular complexity index is 796. The number of hydrazine groups is 1. The number of imide groups is 1. The molecule has 2 aliphatic carbocycles. The number of nitrogens with one attached hydrogen (secondary N) is 3. The van der Waals surface area contributed by atoms with Crippen molar-refractivity contribution in [1.82, 2.24) is 21.1 Å². The summed E-state index contributed by atoms with van der Waals surface area (Å²) >= 11 is 5.11. The summed E-state index contributed by atoms with van der Waals surface area (Å²) in [6, 6.07) is 9.69. The number of amides is 3. The molecule has 4 unspecified atom stereocenters. The first-order valence-corrected chi connectivity index (χ1v) is 9.35. The van der Waals surface area contributed by atoms with E-state index in [1.54, 1.807) is 0 Å². The molecule has 3 N–H and O–H groups in total. The molecule has 1 saturated heterocycles. The quantitative estimate of drug-likeness (QED) is 0.303. The second-order valence-electron chi connectivity index (χ2n) is 7.10. The average Bonchev–Trinajstić information content (AvgIpc) is 3.35. The van der Waals surface area contributed by atoms with Crippen molar-refractivity contribution in [3.05, 3.63) is 48.0 Å². The Morgan fingerprint density at radius 2 is 1.67 bits per heavy atom. The molecule has 1 aromatic rings. The second-order valence-corrected chi connectivity index (χ2v) is 7.51. The average molecular weight is 384 g/mol. The number of fused-ring (bicyclic) bond motifs is 5. The minimum atomic E-state index is -0.485. The van der Waals surface area contributed by atoms with Crippen LogP contribution in [0.5, 0.6) is 0 Å². The highest BCUT2D eigenvalue weighted by Gasteiger charge is 2.59. The molecule has 1 heterocycles. The molecule has 0 aromatic heterocycles. The van der Waals surface area contributed by atoms with E-state index in [4.69, 9.17) is 12.2 Å². The molecular formula is C19H20N4O3S. The lowest BCUT2D eigenvalue weighted by Crippen LogP contribution is -2.50. The molecule has 27 heavy (non-hydrogen) atoms. The van der Waals surface area contributed by atoms with Gasteiger partial charge in [-0.25, -0.2) is 0 Å². The normalized spacial score (nSPS) is 27.6. The van der Waals surface area contributed by atoms with E-state index in [1.165, 1.54) is 0 Å². The van der Waals surface area contributed by atoms with Gasteiger partial charge in [-0.1, -0.05) is 42.5 Å². The van der Waals surface area contributed by atoms with Crippen LogP contribution >= 0.6 is 12.2 Å². The Morgan fingerprint density at radius 3 is 2.30 bits per heavy atom. The SMILES string of the molecule is O=C(CN1C(=O)C2C3C=CC(C3)C2C1=O)NNC(=S)NCc1ccccc1. The third kappa shape index (κ3) is 3.32. The third-order valence-electron chi connectivity index (χ3n) is 5.47. The number of benzene rings is 1. The van der Waals surface area contributed by atoms with Crippen LogP contribution in [0.3, 0.4) is 0 Å². The molecule has 3 amide bonds. The fraction of sp³-hybridized carbons (Fsp3) is 0.368. The van der Waals surface area contributed by atoms with Crippen molar-refractivity contribution < 1.29 is 14.4 Å². The van der Waals surface area contributed by atoms with Crippen LogP contribution in [-0.2, 0) is 20.9 Å². The van der Waals surface area contributed by atoms with E-state index in [2.05, 4.69) is 16.2 Å². The Hall–Kier alpha value is -2.74. The van der Waals surface area contributed by atoms with Gasteiger partial charge in [0.2, 0.25) is 11.8 Å². The van der Waals surface area contributed by atoms with Gasteiger partial charge in [-0.3, -0.25) is 30.1 Å². The van der Waals surface area contributed by atoms with Gasteiger partial charge in [0.05, 0.1) is 11.8 Å². The first kappa shape index (κ1) is 17.7. The molecule has 1 aromatic carbocycles. The van der Waals surface area contributed by atoms with Crippen LogP contribution in [0.25, 0.3) is 0 Å². The highest BCUT2D eigenvalue weighted by atomic mass is 32.1. The van der Waals surface area contributed by atoms with Crippen molar-refractivity contribution in [2.75, 3.05) is 6.54 Å². The summed E-state index contributed by atoms with van der Waals surface area (Å²) < 4.78 is 0. The fourth-order valence-corrected chi connectivity index (χ4v) is 4.38. The van der Waals surface area contributed by atoms with Gasteiger partial charge in [-0.2, -0.15) is 0 Å². The number of likely N-dealkylation sites (tertiary alicyclic amines) is 1. The number of allylic oxidation sites excluding steroid dienone is 2. The monoisotopic (exact) mass is 384 g/mol.